The Balaban J connectivity index is 2.05. The first-order valence-electron chi connectivity index (χ1n) is 6.16. The van der Waals surface area contributed by atoms with Gasteiger partial charge in [-0.2, -0.15) is 0 Å². The second kappa shape index (κ2) is 6.41. The van der Waals surface area contributed by atoms with E-state index in [1.165, 1.54) is 0 Å². The summed E-state index contributed by atoms with van der Waals surface area (Å²) in [4.78, 5) is 15.4. The summed E-state index contributed by atoms with van der Waals surface area (Å²) in [7, 11) is -3.92. The van der Waals surface area contributed by atoms with E-state index in [9.17, 15) is 18.3 Å². The minimum Gasteiger partial charge on any atom is -0.506 e. The highest BCUT2D eigenvalue weighted by molar-refractivity contribution is 7.89. The lowest BCUT2D eigenvalue weighted by molar-refractivity contribution is 0.251. The summed E-state index contributed by atoms with van der Waals surface area (Å²) in [5.74, 6) is -0.272. The molecule has 0 bridgehead atoms. The van der Waals surface area contributed by atoms with Crippen molar-refractivity contribution in [2.45, 2.75) is 11.4 Å². The van der Waals surface area contributed by atoms with Crippen LogP contribution < -0.4 is 15.8 Å². The minimum absolute atomic E-state index is 0.0567. The van der Waals surface area contributed by atoms with Gasteiger partial charge in [-0.05, 0) is 35.9 Å². The molecule has 22 heavy (non-hydrogen) atoms. The van der Waals surface area contributed by atoms with Crippen molar-refractivity contribution >= 4 is 21.7 Å². The van der Waals surface area contributed by atoms with Crippen LogP contribution in [0.1, 0.15) is 5.56 Å². The molecular weight excluding hydrogens is 308 g/mol. The SMILES string of the molecule is NS(=O)(=O)c1ccc(O)c(NC(=O)NCc2ccncc2)c1. The van der Waals surface area contributed by atoms with E-state index < -0.39 is 16.1 Å². The number of sulfonamides is 1. The first kappa shape index (κ1) is 15.7. The lowest BCUT2D eigenvalue weighted by atomic mass is 10.3. The quantitative estimate of drug-likeness (QED) is 0.616. The van der Waals surface area contributed by atoms with E-state index >= 15 is 0 Å². The molecule has 0 saturated heterocycles. The molecule has 1 aromatic heterocycles. The molecule has 0 aliphatic carbocycles. The summed E-state index contributed by atoms with van der Waals surface area (Å²) < 4.78 is 22.5. The number of nitrogens with zero attached hydrogens (tertiary/aromatic N) is 1. The number of phenols is 1. The van der Waals surface area contributed by atoms with Gasteiger partial charge in [0.25, 0.3) is 0 Å². The Bertz CT molecular complexity index is 778. The zero-order valence-electron chi connectivity index (χ0n) is 11.4. The molecule has 0 radical (unpaired) electrons. The predicted molar refractivity (Wildman–Crippen MR) is 79.6 cm³/mol. The first-order valence-corrected chi connectivity index (χ1v) is 7.70. The zero-order valence-corrected chi connectivity index (χ0v) is 12.2. The summed E-state index contributed by atoms with van der Waals surface area (Å²) >= 11 is 0. The summed E-state index contributed by atoms with van der Waals surface area (Å²) in [6.07, 6.45) is 3.19. The first-order chi connectivity index (χ1) is 10.4. The Morgan fingerprint density at radius 3 is 2.55 bits per heavy atom. The summed E-state index contributed by atoms with van der Waals surface area (Å²) in [6, 6.07) is 6.23. The molecule has 1 aromatic carbocycles. The number of aromatic hydroxyl groups is 1. The molecule has 0 saturated carbocycles. The van der Waals surface area contributed by atoms with Gasteiger partial charge < -0.3 is 15.7 Å². The van der Waals surface area contributed by atoms with E-state index in [1.807, 2.05) is 0 Å². The van der Waals surface area contributed by atoms with Crippen LogP contribution in [0.25, 0.3) is 0 Å². The van der Waals surface area contributed by atoms with Crippen LogP contribution in [-0.2, 0) is 16.6 Å². The number of benzene rings is 1. The van der Waals surface area contributed by atoms with E-state index in [-0.39, 0.29) is 22.9 Å². The van der Waals surface area contributed by atoms with Gasteiger partial charge in [0.15, 0.2) is 0 Å². The van der Waals surface area contributed by atoms with E-state index in [1.54, 1.807) is 24.5 Å². The van der Waals surface area contributed by atoms with Gasteiger partial charge >= 0.3 is 6.03 Å². The standard InChI is InChI=1S/C13H14N4O4S/c14-22(20,21)10-1-2-12(18)11(7-10)17-13(19)16-8-9-3-5-15-6-4-9/h1-7,18H,8H2,(H2,14,20,21)(H2,16,17,19). The van der Waals surface area contributed by atoms with Gasteiger partial charge in [0.1, 0.15) is 5.75 Å². The molecule has 1 heterocycles. The maximum atomic E-state index is 11.8. The van der Waals surface area contributed by atoms with Crippen LogP contribution >= 0.6 is 0 Å². The third kappa shape index (κ3) is 4.17. The van der Waals surface area contributed by atoms with Crippen LogP contribution in [0.4, 0.5) is 10.5 Å². The Labute approximate surface area is 127 Å². The number of rotatable bonds is 4. The highest BCUT2D eigenvalue weighted by Gasteiger charge is 2.13. The molecule has 0 unspecified atom stereocenters. The second-order valence-electron chi connectivity index (χ2n) is 4.39. The smallest absolute Gasteiger partial charge is 0.319 e. The summed E-state index contributed by atoms with van der Waals surface area (Å²) in [6.45, 7) is 0.254. The van der Waals surface area contributed by atoms with Gasteiger partial charge in [0, 0.05) is 18.9 Å². The largest absolute Gasteiger partial charge is 0.506 e. The Morgan fingerprint density at radius 1 is 1.23 bits per heavy atom. The van der Waals surface area contributed by atoms with Crippen molar-refractivity contribution in [3.63, 3.8) is 0 Å². The number of urea groups is 1. The molecule has 2 aromatic rings. The average molecular weight is 322 g/mol. The lowest BCUT2D eigenvalue weighted by Gasteiger charge is -2.10. The number of hydrogen-bond acceptors (Lipinski definition) is 5. The van der Waals surface area contributed by atoms with Crippen LogP contribution in [0, 0.1) is 0 Å². The highest BCUT2D eigenvalue weighted by atomic mass is 32.2. The highest BCUT2D eigenvalue weighted by Crippen LogP contribution is 2.25. The van der Waals surface area contributed by atoms with Crippen molar-refractivity contribution in [3.8, 4) is 5.75 Å². The Morgan fingerprint density at radius 2 is 1.91 bits per heavy atom. The van der Waals surface area contributed by atoms with Crippen molar-refractivity contribution in [2.75, 3.05) is 5.32 Å². The van der Waals surface area contributed by atoms with Gasteiger partial charge in [-0.15, -0.1) is 0 Å². The Hall–Kier alpha value is -2.65. The maximum absolute atomic E-state index is 11.8. The molecule has 0 atom stereocenters. The molecule has 2 amide bonds. The molecule has 0 spiro atoms. The zero-order chi connectivity index (χ0) is 16.2. The van der Waals surface area contributed by atoms with Gasteiger partial charge in [-0.3, -0.25) is 4.98 Å². The molecule has 116 valence electrons. The van der Waals surface area contributed by atoms with E-state index in [2.05, 4.69) is 15.6 Å². The van der Waals surface area contributed by atoms with Crippen LogP contribution in [0.2, 0.25) is 0 Å². The molecule has 0 aliphatic heterocycles. The van der Waals surface area contributed by atoms with E-state index in [4.69, 9.17) is 5.14 Å². The van der Waals surface area contributed by atoms with E-state index in [0.717, 1.165) is 23.8 Å². The van der Waals surface area contributed by atoms with E-state index in [0.29, 0.717) is 0 Å². The number of primary sulfonamides is 1. The number of aromatic nitrogens is 1. The number of nitrogens with one attached hydrogen (secondary N) is 2. The normalized spacial score (nSPS) is 11.0. The third-order valence-corrected chi connectivity index (χ3v) is 3.66. The number of anilines is 1. The molecular formula is C13H14N4O4S. The van der Waals surface area contributed by atoms with Crippen molar-refractivity contribution in [1.29, 1.82) is 0 Å². The maximum Gasteiger partial charge on any atom is 0.319 e. The third-order valence-electron chi connectivity index (χ3n) is 2.75. The van der Waals surface area contributed by atoms with Crippen LogP contribution in [-0.4, -0.2) is 24.5 Å². The van der Waals surface area contributed by atoms with Gasteiger partial charge in [-0.1, -0.05) is 0 Å². The minimum atomic E-state index is -3.92. The van der Waals surface area contributed by atoms with Gasteiger partial charge in [0.2, 0.25) is 10.0 Å². The van der Waals surface area contributed by atoms with Gasteiger partial charge in [-0.25, -0.2) is 18.4 Å². The summed E-state index contributed by atoms with van der Waals surface area (Å²) in [5, 5.41) is 19.6. The fourth-order valence-corrected chi connectivity index (χ4v) is 2.18. The molecule has 8 nitrogen and oxygen atoms in total. The molecule has 2 rings (SSSR count). The predicted octanol–water partition coefficient (Wildman–Crippen LogP) is 0.756. The second-order valence-corrected chi connectivity index (χ2v) is 5.95. The molecule has 0 aliphatic rings. The lowest BCUT2D eigenvalue weighted by Crippen LogP contribution is -2.28. The van der Waals surface area contributed by atoms with Crippen molar-refractivity contribution in [1.82, 2.24) is 10.3 Å². The van der Waals surface area contributed by atoms with Crippen LogP contribution in [0.3, 0.4) is 0 Å². The fraction of sp³-hybridized carbons (Fsp3) is 0.0769. The monoisotopic (exact) mass is 322 g/mol. The number of amides is 2. The number of hydrogen-bond donors (Lipinski definition) is 4. The number of nitrogens with two attached hydrogens (primary N) is 1. The number of carbonyl (C=O) groups is 1. The molecule has 5 N–H and O–H groups in total. The average Bonchev–Trinajstić information content (AvgIpc) is 2.47. The molecule has 9 heteroatoms. The number of pyridine rings is 1. The topological polar surface area (TPSA) is 134 Å². The number of phenolic OH excluding ortho intramolecular Hbond substituents is 1. The van der Waals surface area contributed by atoms with Crippen molar-refractivity contribution in [2.24, 2.45) is 5.14 Å². The Kier molecular flexibility index (Phi) is 4.59. The van der Waals surface area contributed by atoms with Crippen LogP contribution in [0.5, 0.6) is 5.75 Å². The summed E-state index contributed by atoms with van der Waals surface area (Å²) in [5.41, 5.74) is 0.784. The van der Waals surface area contributed by atoms with Crippen molar-refractivity contribution in [3.05, 3.63) is 48.3 Å². The fourth-order valence-electron chi connectivity index (χ4n) is 1.64. The van der Waals surface area contributed by atoms with Gasteiger partial charge in [0.05, 0.1) is 10.6 Å². The molecule has 0 fully saturated rings. The number of carbonyl (C=O) groups excluding carboxylic acids is 1. The van der Waals surface area contributed by atoms with Crippen LogP contribution in [0.15, 0.2) is 47.6 Å². The van der Waals surface area contributed by atoms with Crippen molar-refractivity contribution < 1.29 is 18.3 Å².